The third-order valence-electron chi connectivity index (χ3n) is 3.05. The van der Waals surface area contributed by atoms with Gasteiger partial charge in [-0.3, -0.25) is 0 Å². The van der Waals surface area contributed by atoms with Crippen molar-refractivity contribution in [3.63, 3.8) is 0 Å². The van der Waals surface area contributed by atoms with Crippen LogP contribution in [0.1, 0.15) is 16.7 Å². The molecule has 0 saturated carbocycles. The molecule has 0 aliphatic heterocycles. The van der Waals surface area contributed by atoms with Crippen molar-refractivity contribution in [2.24, 2.45) is 0 Å². The summed E-state index contributed by atoms with van der Waals surface area (Å²) in [6.45, 7) is 0.727. The molecule has 0 atom stereocenters. The Morgan fingerprint density at radius 2 is 1.95 bits per heavy atom. The molecule has 3 nitrogen and oxygen atoms in total. The first-order chi connectivity index (χ1) is 9.24. The Balaban J connectivity index is 2.21. The van der Waals surface area contributed by atoms with E-state index in [1.54, 1.807) is 6.07 Å². The topological polar surface area (TPSA) is 47.3 Å². The number of nitrogens with zero attached hydrogens (tertiary/aromatic N) is 2. The quantitative estimate of drug-likeness (QED) is 0.910. The molecule has 0 spiro atoms. The van der Waals surface area contributed by atoms with Gasteiger partial charge in [0.2, 0.25) is 0 Å². The summed E-state index contributed by atoms with van der Waals surface area (Å²) in [7, 11) is 1.98. The highest BCUT2D eigenvalue weighted by Crippen LogP contribution is 2.21. The van der Waals surface area contributed by atoms with Crippen molar-refractivity contribution in [3.8, 4) is 6.07 Å². The second kappa shape index (κ2) is 6.03. The molecule has 3 heteroatoms. The van der Waals surface area contributed by atoms with Crippen LogP contribution in [0.25, 0.3) is 0 Å². The molecular formula is C16H16N2O. The van der Waals surface area contributed by atoms with Crippen LogP contribution in [0.2, 0.25) is 0 Å². The van der Waals surface area contributed by atoms with Crippen molar-refractivity contribution in [1.29, 1.82) is 5.26 Å². The van der Waals surface area contributed by atoms with Gasteiger partial charge in [-0.2, -0.15) is 5.26 Å². The zero-order valence-corrected chi connectivity index (χ0v) is 10.9. The van der Waals surface area contributed by atoms with Crippen molar-refractivity contribution in [2.45, 2.75) is 13.2 Å². The number of rotatable bonds is 4. The van der Waals surface area contributed by atoms with E-state index in [9.17, 15) is 5.11 Å². The summed E-state index contributed by atoms with van der Waals surface area (Å²) in [6.07, 6.45) is 0. The minimum atomic E-state index is 0.0265. The number of para-hydroxylation sites is 1. The van der Waals surface area contributed by atoms with E-state index < -0.39 is 0 Å². The van der Waals surface area contributed by atoms with Crippen LogP contribution < -0.4 is 4.90 Å². The van der Waals surface area contributed by atoms with E-state index in [1.807, 2.05) is 49.5 Å². The van der Waals surface area contributed by atoms with Crippen molar-refractivity contribution in [2.75, 3.05) is 11.9 Å². The van der Waals surface area contributed by atoms with Gasteiger partial charge in [0, 0.05) is 24.8 Å². The molecule has 0 amide bonds. The highest BCUT2D eigenvalue weighted by molar-refractivity contribution is 5.53. The van der Waals surface area contributed by atoms with Crippen LogP contribution in [0, 0.1) is 11.3 Å². The first-order valence-corrected chi connectivity index (χ1v) is 6.13. The Morgan fingerprint density at radius 1 is 1.16 bits per heavy atom. The highest BCUT2D eigenvalue weighted by atomic mass is 16.3. The Labute approximate surface area is 113 Å². The molecule has 2 aromatic carbocycles. The monoisotopic (exact) mass is 252 g/mol. The maximum absolute atomic E-state index is 9.35. The van der Waals surface area contributed by atoms with Crippen LogP contribution in [0.4, 0.5) is 5.69 Å². The molecule has 0 bridgehead atoms. The average Bonchev–Trinajstić information content (AvgIpc) is 2.47. The summed E-state index contributed by atoms with van der Waals surface area (Å²) in [6, 6.07) is 17.5. The van der Waals surface area contributed by atoms with Crippen LogP contribution in [0.5, 0.6) is 0 Å². The van der Waals surface area contributed by atoms with Gasteiger partial charge in [-0.15, -0.1) is 0 Å². The molecule has 0 fully saturated rings. The SMILES string of the molecule is CN(Cc1cccc(C#N)c1)c1ccccc1CO. The van der Waals surface area contributed by atoms with Gasteiger partial charge < -0.3 is 10.0 Å². The minimum absolute atomic E-state index is 0.0265. The fourth-order valence-corrected chi connectivity index (χ4v) is 2.12. The van der Waals surface area contributed by atoms with E-state index in [0.29, 0.717) is 12.1 Å². The van der Waals surface area contributed by atoms with Gasteiger partial charge in [0.15, 0.2) is 0 Å². The van der Waals surface area contributed by atoms with Gasteiger partial charge in [-0.25, -0.2) is 0 Å². The molecule has 0 saturated heterocycles. The molecular weight excluding hydrogens is 236 g/mol. The highest BCUT2D eigenvalue weighted by Gasteiger charge is 2.07. The van der Waals surface area contributed by atoms with Crippen LogP contribution in [0.3, 0.4) is 0 Å². The number of hydrogen-bond donors (Lipinski definition) is 1. The van der Waals surface area contributed by atoms with Gasteiger partial charge >= 0.3 is 0 Å². The number of benzene rings is 2. The molecule has 0 aliphatic carbocycles. The summed E-state index contributed by atoms with van der Waals surface area (Å²) < 4.78 is 0. The smallest absolute Gasteiger partial charge is 0.0991 e. The van der Waals surface area contributed by atoms with E-state index in [0.717, 1.165) is 16.8 Å². The Hall–Kier alpha value is -2.31. The number of nitriles is 1. The van der Waals surface area contributed by atoms with Crippen molar-refractivity contribution >= 4 is 5.69 Å². The Kier molecular flexibility index (Phi) is 4.17. The van der Waals surface area contributed by atoms with Crippen LogP contribution >= 0.6 is 0 Å². The van der Waals surface area contributed by atoms with Crippen molar-refractivity contribution in [3.05, 3.63) is 65.2 Å². The van der Waals surface area contributed by atoms with Crippen LogP contribution in [-0.4, -0.2) is 12.2 Å². The standard InChI is InChI=1S/C16H16N2O/c1-18(16-8-3-2-7-15(16)12-19)11-14-6-4-5-13(9-14)10-17/h2-9,19H,11-12H2,1H3. The van der Waals surface area contributed by atoms with E-state index in [2.05, 4.69) is 11.0 Å². The molecule has 1 N–H and O–H groups in total. The zero-order valence-electron chi connectivity index (χ0n) is 10.9. The molecule has 2 aromatic rings. The fraction of sp³-hybridized carbons (Fsp3) is 0.188. The lowest BCUT2D eigenvalue weighted by Gasteiger charge is -2.22. The van der Waals surface area contributed by atoms with E-state index in [-0.39, 0.29) is 6.61 Å². The van der Waals surface area contributed by atoms with E-state index in [4.69, 9.17) is 5.26 Å². The maximum Gasteiger partial charge on any atom is 0.0991 e. The third-order valence-corrected chi connectivity index (χ3v) is 3.05. The first kappa shape index (κ1) is 13.1. The molecule has 0 aliphatic rings. The molecule has 2 rings (SSSR count). The summed E-state index contributed by atoms with van der Waals surface area (Å²) in [5.74, 6) is 0. The molecule has 0 unspecified atom stereocenters. The predicted molar refractivity (Wildman–Crippen MR) is 75.6 cm³/mol. The second-order valence-electron chi connectivity index (χ2n) is 4.46. The minimum Gasteiger partial charge on any atom is -0.392 e. The number of aliphatic hydroxyl groups is 1. The van der Waals surface area contributed by atoms with Gasteiger partial charge in [-0.05, 0) is 23.8 Å². The summed E-state index contributed by atoms with van der Waals surface area (Å²) in [5.41, 5.74) is 3.66. The molecule has 0 heterocycles. The van der Waals surface area contributed by atoms with Crippen molar-refractivity contribution in [1.82, 2.24) is 0 Å². The van der Waals surface area contributed by atoms with Gasteiger partial charge in [0.25, 0.3) is 0 Å². The lowest BCUT2D eigenvalue weighted by Crippen LogP contribution is -2.18. The zero-order chi connectivity index (χ0) is 13.7. The van der Waals surface area contributed by atoms with E-state index in [1.165, 1.54) is 0 Å². The average molecular weight is 252 g/mol. The van der Waals surface area contributed by atoms with Crippen LogP contribution in [-0.2, 0) is 13.2 Å². The van der Waals surface area contributed by atoms with Gasteiger partial charge in [0.1, 0.15) is 0 Å². The summed E-state index contributed by atoms with van der Waals surface area (Å²) >= 11 is 0. The normalized spacial score (nSPS) is 9.95. The summed E-state index contributed by atoms with van der Waals surface area (Å²) in [4.78, 5) is 2.07. The first-order valence-electron chi connectivity index (χ1n) is 6.13. The lowest BCUT2D eigenvalue weighted by atomic mass is 10.1. The second-order valence-corrected chi connectivity index (χ2v) is 4.46. The van der Waals surface area contributed by atoms with Gasteiger partial charge in [0.05, 0.1) is 18.2 Å². The van der Waals surface area contributed by atoms with E-state index >= 15 is 0 Å². The maximum atomic E-state index is 9.35. The molecule has 19 heavy (non-hydrogen) atoms. The largest absolute Gasteiger partial charge is 0.392 e. The van der Waals surface area contributed by atoms with Crippen molar-refractivity contribution < 1.29 is 5.11 Å². The fourth-order valence-electron chi connectivity index (χ4n) is 2.12. The predicted octanol–water partition coefficient (Wildman–Crippen LogP) is 2.69. The summed E-state index contributed by atoms with van der Waals surface area (Å²) in [5, 5.41) is 18.2. The molecule has 96 valence electrons. The number of anilines is 1. The van der Waals surface area contributed by atoms with Gasteiger partial charge in [-0.1, -0.05) is 30.3 Å². The molecule has 0 aromatic heterocycles. The molecule has 0 radical (unpaired) electrons. The number of aliphatic hydroxyl groups excluding tert-OH is 1. The Bertz CT molecular complexity index is 602. The lowest BCUT2D eigenvalue weighted by molar-refractivity contribution is 0.282. The number of hydrogen-bond acceptors (Lipinski definition) is 3. The Morgan fingerprint density at radius 3 is 2.68 bits per heavy atom. The van der Waals surface area contributed by atoms with Crippen LogP contribution in [0.15, 0.2) is 48.5 Å². The third kappa shape index (κ3) is 3.12.